The Balaban J connectivity index is 2.23. The molecule has 29 heavy (non-hydrogen) atoms. The lowest BCUT2D eigenvalue weighted by molar-refractivity contribution is -0.140. The minimum absolute atomic E-state index is 0.00165. The fourth-order valence-corrected chi connectivity index (χ4v) is 2.82. The number of ether oxygens (including phenoxy) is 2. The van der Waals surface area contributed by atoms with Gasteiger partial charge in [-0.25, -0.2) is 9.59 Å². The molecule has 0 saturated heterocycles. The number of sulfonamides is 1. The molecule has 1 N–H and O–H groups in total. The Kier molecular flexibility index (Phi) is 6.52. The fraction of sp³-hybridized carbons (Fsp3) is 0.222. The zero-order valence-corrected chi connectivity index (χ0v) is 15.9. The Morgan fingerprint density at radius 3 is 2.21 bits per heavy atom. The van der Waals surface area contributed by atoms with Crippen molar-refractivity contribution in [3.8, 4) is 0 Å². The number of halogens is 3. The van der Waals surface area contributed by atoms with E-state index in [4.69, 9.17) is 9.47 Å². The smallest absolute Gasteiger partial charge is 0.459 e. The van der Waals surface area contributed by atoms with Crippen molar-refractivity contribution in [2.45, 2.75) is 12.4 Å². The fourth-order valence-electron chi connectivity index (χ4n) is 2.24. The van der Waals surface area contributed by atoms with Crippen LogP contribution in [-0.2, 0) is 24.3 Å². The van der Waals surface area contributed by atoms with E-state index in [9.17, 15) is 31.2 Å². The third-order valence-corrected chi connectivity index (χ3v) is 4.69. The van der Waals surface area contributed by atoms with Crippen LogP contribution in [0, 0.1) is 0 Å². The molecule has 0 amide bonds. The number of carbonyl (C=O) groups excluding carboxylic acids is 2. The van der Waals surface area contributed by atoms with Crippen LogP contribution in [0.15, 0.2) is 48.6 Å². The monoisotopic (exact) mass is 431 g/mol. The minimum atomic E-state index is -5.63. The molecule has 0 heterocycles. The topological polar surface area (TPSA) is 98.8 Å². The van der Waals surface area contributed by atoms with Crippen LogP contribution in [0.3, 0.4) is 0 Å². The highest BCUT2D eigenvalue weighted by molar-refractivity contribution is 7.93. The molecule has 2 aromatic rings. The number of esters is 2. The summed E-state index contributed by atoms with van der Waals surface area (Å²) in [5.41, 5.74) is -5.65. The van der Waals surface area contributed by atoms with Crippen LogP contribution in [-0.4, -0.2) is 39.1 Å². The highest BCUT2D eigenvalue weighted by Gasteiger charge is 2.46. The average Bonchev–Trinajstić information content (AvgIpc) is 2.63. The Bertz CT molecular complexity index is 1060. The summed E-state index contributed by atoms with van der Waals surface area (Å²) in [7, 11) is -5.63. The second kappa shape index (κ2) is 8.52. The molecule has 2 aromatic carbocycles. The van der Waals surface area contributed by atoms with E-state index in [2.05, 4.69) is 6.58 Å². The van der Waals surface area contributed by atoms with E-state index in [-0.39, 0.29) is 40.8 Å². The van der Waals surface area contributed by atoms with Gasteiger partial charge in [-0.15, -0.1) is 0 Å². The maximum absolute atomic E-state index is 12.6. The number of hydrogen-bond donors (Lipinski definition) is 1. The number of alkyl halides is 3. The van der Waals surface area contributed by atoms with Gasteiger partial charge in [0.15, 0.2) is 0 Å². The van der Waals surface area contributed by atoms with E-state index in [1.165, 1.54) is 35.9 Å². The van der Waals surface area contributed by atoms with Gasteiger partial charge in [0.2, 0.25) is 0 Å². The summed E-state index contributed by atoms with van der Waals surface area (Å²) in [6.45, 7) is 4.39. The van der Waals surface area contributed by atoms with E-state index in [1.54, 1.807) is 0 Å². The van der Waals surface area contributed by atoms with Crippen molar-refractivity contribution in [2.24, 2.45) is 0 Å². The van der Waals surface area contributed by atoms with Crippen molar-refractivity contribution in [2.75, 3.05) is 17.9 Å². The van der Waals surface area contributed by atoms with Gasteiger partial charge in [0.25, 0.3) is 0 Å². The largest absolute Gasteiger partial charge is 0.516 e. The predicted octanol–water partition coefficient (Wildman–Crippen LogP) is 3.38. The van der Waals surface area contributed by atoms with Gasteiger partial charge in [-0.2, -0.15) is 21.6 Å². The van der Waals surface area contributed by atoms with Gasteiger partial charge in [0.1, 0.15) is 13.2 Å². The zero-order valence-electron chi connectivity index (χ0n) is 15.1. The second-order valence-electron chi connectivity index (χ2n) is 5.81. The van der Waals surface area contributed by atoms with E-state index in [0.717, 1.165) is 12.1 Å². The van der Waals surface area contributed by atoms with Crippen LogP contribution in [0.4, 0.5) is 18.9 Å². The summed E-state index contributed by atoms with van der Waals surface area (Å²) < 4.78 is 71.9. The lowest BCUT2D eigenvalue weighted by Crippen LogP contribution is -2.30. The Labute approximate surface area is 164 Å². The molecule has 2 rings (SSSR count). The van der Waals surface area contributed by atoms with Crippen LogP contribution >= 0.6 is 0 Å². The highest BCUT2D eigenvalue weighted by Crippen LogP contribution is 2.31. The van der Waals surface area contributed by atoms with Gasteiger partial charge < -0.3 is 9.47 Å². The van der Waals surface area contributed by atoms with Crippen LogP contribution < -0.4 is 4.72 Å². The molecule has 11 heteroatoms. The third-order valence-electron chi connectivity index (χ3n) is 3.59. The third kappa shape index (κ3) is 5.25. The van der Waals surface area contributed by atoms with E-state index in [0.29, 0.717) is 0 Å². The van der Waals surface area contributed by atoms with Crippen LogP contribution in [0.25, 0.3) is 10.8 Å². The summed E-state index contributed by atoms with van der Waals surface area (Å²) >= 11 is 0. The van der Waals surface area contributed by atoms with Crippen molar-refractivity contribution >= 4 is 38.4 Å². The Hall–Kier alpha value is -3.08. The molecule has 0 aliphatic rings. The first-order valence-electron chi connectivity index (χ1n) is 8.04. The first kappa shape index (κ1) is 22.2. The lowest BCUT2D eigenvalue weighted by atomic mass is 10.0. The van der Waals surface area contributed by atoms with Gasteiger partial charge in [0, 0.05) is 11.0 Å². The molecule has 0 unspecified atom stereocenters. The highest BCUT2D eigenvalue weighted by atomic mass is 32.2. The van der Waals surface area contributed by atoms with Crippen molar-refractivity contribution in [1.29, 1.82) is 0 Å². The molecular weight excluding hydrogens is 415 g/mol. The van der Waals surface area contributed by atoms with Crippen LogP contribution in [0.5, 0.6) is 0 Å². The number of fused-ring (bicyclic) bond motifs is 1. The standard InChI is InChI=1S/C18H16F3NO6S/c1-11(2)16(23)27-9-10-28-17(24)14-7-8-15(13-6-4-3-5-12(13)14)22-29(25,26)18(19,20)21/h3-8,22H,1,9-10H2,2H3. The predicted molar refractivity (Wildman–Crippen MR) is 98.6 cm³/mol. The SMILES string of the molecule is C=C(C)C(=O)OCCOC(=O)c1ccc(NS(=O)(=O)C(F)(F)F)c2ccccc12. The summed E-state index contributed by atoms with van der Waals surface area (Å²) in [6, 6.07) is 7.95. The van der Waals surface area contributed by atoms with Gasteiger partial charge in [0.05, 0.1) is 11.3 Å². The lowest BCUT2D eigenvalue weighted by Gasteiger charge is -2.14. The molecule has 0 fully saturated rings. The maximum Gasteiger partial charge on any atom is 0.516 e. The van der Waals surface area contributed by atoms with Crippen molar-refractivity contribution < 1.29 is 40.7 Å². The summed E-state index contributed by atoms with van der Waals surface area (Å²) in [5.74, 6) is -1.47. The molecule has 0 saturated carbocycles. The van der Waals surface area contributed by atoms with Gasteiger partial charge in [-0.1, -0.05) is 30.8 Å². The quantitative estimate of drug-likeness (QED) is 0.410. The number of benzene rings is 2. The first-order valence-corrected chi connectivity index (χ1v) is 9.53. The van der Waals surface area contributed by atoms with Crippen LogP contribution in [0.2, 0.25) is 0 Å². The van der Waals surface area contributed by atoms with Crippen molar-refractivity contribution in [3.05, 3.63) is 54.1 Å². The number of anilines is 1. The van der Waals surface area contributed by atoms with E-state index >= 15 is 0 Å². The summed E-state index contributed by atoms with van der Waals surface area (Å²) in [6.07, 6.45) is 0. The van der Waals surface area contributed by atoms with Gasteiger partial charge >= 0.3 is 27.5 Å². The molecule has 0 aliphatic carbocycles. The molecule has 0 radical (unpaired) electrons. The maximum atomic E-state index is 12.6. The average molecular weight is 431 g/mol. The van der Waals surface area contributed by atoms with E-state index < -0.39 is 27.5 Å². The van der Waals surface area contributed by atoms with Crippen molar-refractivity contribution in [3.63, 3.8) is 0 Å². The van der Waals surface area contributed by atoms with E-state index in [1.807, 2.05) is 0 Å². The number of carbonyl (C=O) groups is 2. The summed E-state index contributed by atoms with van der Waals surface area (Å²) in [5, 5.41) is 0.252. The summed E-state index contributed by atoms with van der Waals surface area (Å²) in [4.78, 5) is 23.6. The molecule has 0 atom stereocenters. The zero-order chi connectivity index (χ0) is 21.8. The Morgan fingerprint density at radius 2 is 1.62 bits per heavy atom. The minimum Gasteiger partial charge on any atom is -0.459 e. The first-order chi connectivity index (χ1) is 13.4. The Morgan fingerprint density at radius 1 is 1.03 bits per heavy atom. The van der Waals surface area contributed by atoms with Gasteiger partial charge in [-0.05, 0) is 24.4 Å². The molecular formula is C18H16F3NO6S. The number of nitrogens with one attached hydrogen (secondary N) is 1. The second-order valence-corrected chi connectivity index (χ2v) is 7.48. The normalized spacial score (nSPS) is 11.7. The number of rotatable bonds is 7. The molecule has 0 bridgehead atoms. The molecule has 7 nitrogen and oxygen atoms in total. The molecule has 0 aromatic heterocycles. The van der Waals surface area contributed by atoms with Crippen LogP contribution in [0.1, 0.15) is 17.3 Å². The molecule has 156 valence electrons. The molecule has 0 spiro atoms. The number of hydrogen-bond acceptors (Lipinski definition) is 6. The molecule has 0 aliphatic heterocycles. The van der Waals surface area contributed by atoms with Gasteiger partial charge in [-0.3, -0.25) is 4.72 Å². The van der Waals surface area contributed by atoms with Crippen molar-refractivity contribution in [1.82, 2.24) is 0 Å².